The summed E-state index contributed by atoms with van der Waals surface area (Å²) in [4.78, 5) is 30.3. The number of aliphatic hydroxyl groups is 4. The molecule has 0 spiro atoms. The maximum absolute atomic E-state index is 11.4. The number of carbonyl (C=O) groups excluding carboxylic acids is 1. The fourth-order valence-electron chi connectivity index (χ4n) is 2.29. The predicted molar refractivity (Wildman–Crippen MR) is 74.4 cm³/mol. The molecule has 6 atom stereocenters. The molecule has 11 nitrogen and oxygen atoms in total. The zero-order chi connectivity index (χ0) is 17.8. The topological polar surface area (TPSA) is 178 Å². The number of nitrogens with one attached hydrogen (secondary N) is 1. The van der Waals surface area contributed by atoms with Crippen LogP contribution in [0.2, 0.25) is 0 Å². The Morgan fingerprint density at radius 3 is 2.57 bits per heavy atom. The van der Waals surface area contributed by atoms with E-state index in [1.807, 2.05) is 0 Å². The van der Waals surface area contributed by atoms with Gasteiger partial charge in [0.15, 0.2) is 0 Å². The van der Waals surface area contributed by atoms with Gasteiger partial charge in [-0.25, -0.2) is 9.63 Å². The van der Waals surface area contributed by atoms with Crippen molar-refractivity contribution in [1.82, 2.24) is 5.32 Å². The molecule has 1 aliphatic heterocycles. The number of carboxylic acids is 1. The Balaban J connectivity index is 3.19. The van der Waals surface area contributed by atoms with Gasteiger partial charge >= 0.3 is 5.97 Å². The van der Waals surface area contributed by atoms with Crippen LogP contribution in [0.25, 0.3) is 0 Å². The number of amides is 1. The first-order chi connectivity index (χ1) is 10.7. The minimum Gasteiger partial charge on any atom is -0.477 e. The number of ether oxygens (including phenoxy) is 1. The summed E-state index contributed by atoms with van der Waals surface area (Å²) in [5.41, 5.74) is 0. The molecule has 0 aromatic rings. The lowest BCUT2D eigenvalue weighted by Gasteiger charge is -2.45. The Kier molecular flexibility index (Phi) is 6.96. The lowest BCUT2D eigenvalue weighted by Crippen LogP contribution is -2.67. The first-order valence-electron chi connectivity index (χ1n) is 6.56. The highest BCUT2D eigenvalue weighted by atomic mass is 31.0. The molecule has 1 amide bonds. The van der Waals surface area contributed by atoms with Crippen LogP contribution in [-0.4, -0.2) is 80.3 Å². The van der Waals surface area contributed by atoms with E-state index in [1.54, 1.807) is 0 Å². The van der Waals surface area contributed by atoms with Crippen LogP contribution in [0.15, 0.2) is 4.91 Å². The zero-order valence-electron chi connectivity index (χ0n) is 12.1. The van der Waals surface area contributed by atoms with Gasteiger partial charge in [0, 0.05) is 22.4 Å². The van der Waals surface area contributed by atoms with Crippen molar-refractivity contribution in [3.8, 4) is 0 Å². The highest BCUT2D eigenvalue weighted by molar-refractivity contribution is 7.03. The monoisotopic (exact) mass is 354 g/mol. The van der Waals surface area contributed by atoms with Gasteiger partial charge < -0.3 is 35.6 Å². The lowest BCUT2D eigenvalue weighted by molar-refractivity contribution is -0.311. The fourth-order valence-corrected chi connectivity index (χ4v) is 2.44. The standard InChI is InChI=1S/C11H19N2O9P/c1-4(15)12-7-5(16)2-11(10(19)20,22-13-23)21-9(7)8(18)6(17)3-14/h5-9,14,16-18,23H,2-3H2,1H3,(H,12,15)(H,19,20)/t5?,6-,7?,8-,9?,11?/m1/s1. The molecule has 12 heteroatoms. The van der Waals surface area contributed by atoms with Gasteiger partial charge in [0.25, 0.3) is 5.79 Å². The summed E-state index contributed by atoms with van der Waals surface area (Å²) >= 11 is 0. The largest absolute Gasteiger partial charge is 0.477 e. The molecule has 1 aliphatic rings. The van der Waals surface area contributed by atoms with E-state index in [2.05, 4.69) is 24.1 Å². The maximum Gasteiger partial charge on any atom is 0.366 e. The summed E-state index contributed by atoms with van der Waals surface area (Å²) in [7, 11) is 2.57. The average molecular weight is 354 g/mol. The van der Waals surface area contributed by atoms with Crippen molar-refractivity contribution in [2.75, 3.05) is 6.61 Å². The number of aliphatic hydroxyl groups excluding tert-OH is 4. The van der Waals surface area contributed by atoms with E-state index < -0.39 is 61.1 Å². The molecular weight excluding hydrogens is 335 g/mol. The normalized spacial score (nSPS) is 33.5. The number of hydrogen-bond acceptors (Lipinski definition) is 9. The van der Waals surface area contributed by atoms with Crippen LogP contribution in [-0.2, 0) is 19.2 Å². The van der Waals surface area contributed by atoms with Gasteiger partial charge in [0.05, 0.1) is 18.8 Å². The van der Waals surface area contributed by atoms with E-state index in [1.165, 1.54) is 0 Å². The van der Waals surface area contributed by atoms with Gasteiger partial charge in [-0.3, -0.25) is 4.79 Å². The van der Waals surface area contributed by atoms with Crippen molar-refractivity contribution >= 4 is 20.9 Å². The highest BCUT2D eigenvalue weighted by Crippen LogP contribution is 2.33. The van der Waals surface area contributed by atoms with Crippen LogP contribution in [0.5, 0.6) is 0 Å². The van der Waals surface area contributed by atoms with Gasteiger partial charge in [-0.05, 0) is 0 Å². The quantitative estimate of drug-likeness (QED) is 0.211. The van der Waals surface area contributed by atoms with Gasteiger partial charge in [0.1, 0.15) is 18.3 Å². The SMILES string of the molecule is CC(=O)NC1C(O)CC(ON=P)(C(=O)O)OC1[C@H](O)[C@H](O)CO. The molecule has 0 saturated carbocycles. The molecule has 132 valence electrons. The van der Waals surface area contributed by atoms with Crippen molar-refractivity contribution in [2.24, 2.45) is 4.91 Å². The van der Waals surface area contributed by atoms with Gasteiger partial charge in [-0.15, -0.1) is 4.91 Å². The zero-order valence-corrected chi connectivity index (χ0v) is 13.1. The molecule has 0 bridgehead atoms. The molecule has 0 aromatic heterocycles. The summed E-state index contributed by atoms with van der Waals surface area (Å²) in [5.74, 6) is -4.67. The summed E-state index contributed by atoms with van der Waals surface area (Å²) < 4.78 is 5.20. The van der Waals surface area contributed by atoms with Crippen molar-refractivity contribution in [1.29, 1.82) is 0 Å². The number of rotatable bonds is 7. The molecule has 0 radical (unpaired) electrons. The number of carboxylic acid groups (broad SMARTS) is 1. The van der Waals surface area contributed by atoms with Crippen LogP contribution in [0.1, 0.15) is 13.3 Å². The minimum absolute atomic E-state index is 0.582. The van der Waals surface area contributed by atoms with Gasteiger partial charge in [-0.1, -0.05) is 0 Å². The first kappa shape index (κ1) is 19.8. The Morgan fingerprint density at radius 1 is 1.52 bits per heavy atom. The van der Waals surface area contributed by atoms with E-state index in [-0.39, 0.29) is 0 Å². The summed E-state index contributed by atoms with van der Waals surface area (Å²) in [6, 6.07) is -1.24. The Bertz CT molecular complexity index is 465. The van der Waals surface area contributed by atoms with Crippen LogP contribution < -0.4 is 5.32 Å². The Hall–Kier alpha value is -1.20. The number of hydrogen-bond donors (Lipinski definition) is 6. The number of aliphatic carboxylic acids is 1. The maximum atomic E-state index is 11.4. The fraction of sp³-hybridized carbons (Fsp3) is 0.818. The van der Waals surface area contributed by atoms with E-state index >= 15 is 0 Å². The van der Waals surface area contributed by atoms with Crippen molar-refractivity contribution in [2.45, 2.75) is 49.6 Å². The molecule has 6 N–H and O–H groups in total. The average Bonchev–Trinajstić information content (AvgIpc) is 2.47. The second kappa shape index (κ2) is 8.06. The second-order valence-electron chi connectivity index (χ2n) is 5.06. The third-order valence-electron chi connectivity index (χ3n) is 3.38. The summed E-state index contributed by atoms with van der Waals surface area (Å²) in [6.07, 6.45) is -7.21. The molecule has 4 unspecified atom stereocenters. The molecule has 0 aliphatic carbocycles. The van der Waals surface area contributed by atoms with E-state index in [0.29, 0.717) is 0 Å². The Morgan fingerprint density at radius 2 is 2.13 bits per heavy atom. The predicted octanol–water partition coefficient (Wildman–Crippen LogP) is -2.61. The van der Waals surface area contributed by atoms with E-state index in [9.17, 15) is 30.0 Å². The van der Waals surface area contributed by atoms with Gasteiger partial charge in [-0.2, -0.15) is 0 Å². The summed E-state index contributed by atoms with van der Waals surface area (Å²) in [6.45, 7) is 0.287. The van der Waals surface area contributed by atoms with E-state index in [0.717, 1.165) is 6.92 Å². The third kappa shape index (κ3) is 4.42. The number of carbonyl (C=O) groups is 2. The van der Waals surface area contributed by atoms with E-state index in [4.69, 9.17) is 9.84 Å². The van der Waals surface area contributed by atoms with Crippen LogP contribution in [0.3, 0.4) is 0 Å². The highest BCUT2D eigenvalue weighted by Gasteiger charge is 2.56. The molecule has 1 rings (SSSR count). The van der Waals surface area contributed by atoms with Crippen molar-refractivity contribution < 1.29 is 44.7 Å². The number of nitrogens with zero attached hydrogens (tertiary/aromatic N) is 1. The van der Waals surface area contributed by atoms with Gasteiger partial charge in [0.2, 0.25) is 5.91 Å². The lowest BCUT2D eigenvalue weighted by atomic mass is 9.88. The molecule has 23 heavy (non-hydrogen) atoms. The van der Waals surface area contributed by atoms with Crippen LogP contribution in [0, 0.1) is 0 Å². The van der Waals surface area contributed by atoms with Crippen molar-refractivity contribution in [3.63, 3.8) is 0 Å². The first-order valence-corrected chi connectivity index (χ1v) is 7.01. The molecular formula is C11H19N2O9P. The van der Waals surface area contributed by atoms with Crippen LogP contribution >= 0.6 is 9.03 Å². The smallest absolute Gasteiger partial charge is 0.366 e. The third-order valence-corrected chi connectivity index (χ3v) is 3.47. The second-order valence-corrected chi connectivity index (χ2v) is 5.24. The minimum atomic E-state index is -2.45. The molecule has 1 saturated heterocycles. The molecule has 0 aromatic carbocycles. The molecule has 1 fully saturated rings. The van der Waals surface area contributed by atoms with Crippen molar-refractivity contribution in [3.05, 3.63) is 0 Å². The Labute approximate surface area is 133 Å². The summed E-state index contributed by atoms with van der Waals surface area (Å²) in [5, 5.41) is 50.3. The molecule has 1 heterocycles. The van der Waals surface area contributed by atoms with Crippen LogP contribution in [0.4, 0.5) is 0 Å².